The zero-order chi connectivity index (χ0) is 15.2. The number of methoxy groups -OCH3 is 2. The summed E-state index contributed by atoms with van der Waals surface area (Å²) in [4.78, 5) is 0. The Kier molecular flexibility index (Phi) is 5.47. The van der Waals surface area contributed by atoms with Gasteiger partial charge in [0.15, 0.2) is 0 Å². The zero-order valence-electron chi connectivity index (χ0n) is 12.1. The van der Waals surface area contributed by atoms with Gasteiger partial charge in [0.2, 0.25) is 0 Å². The standard InChI is InChI=1S/C16H19BrN2O2/c1-20-13-5-3-4-12(9-13)19-15(10-18)14-8-11(17)6-7-16(14)21-2/h3-9,15,19H,10,18H2,1-2H3. The molecule has 0 spiro atoms. The first-order valence-corrected chi connectivity index (χ1v) is 7.41. The third-order valence-corrected chi connectivity index (χ3v) is 3.71. The monoisotopic (exact) mass is 350 g/mol. The maximum absolute atomic E-state index is 5.93. The van der Waals surface area contributed by atoms with Crippen LogP contribution in [0.15, 0.2) is 46.9 Å². The number of anilines is 1. The van der Waals surface area contributed by atoms with Gasteiger partial charge in [0.25, 0.3) is 0 Å². The molecule has 0 fully saturated rings. The van der Waals surface area contributed by atoms with E-state index in [1.165, 1.54) is 0 Å². The van der Waals surface area contributed by atoms with Gasteiger partial charge in [0, 0.05) is 28.3 Å². The van der Waals surface area contributed by atoms with E-state index in [2.05, 4.69) is 21.2 Å². The molecule has 4 nitrogen and oxygen atoms in total. The van der Waals surface area contributed by atoms with Crippen molar-refractivity contribution in [3.05, 3.63) is 52.5 Å². The van der Waals surface area contributed by atoms with Gasteiger partial charge in [-0.25, -0.2) is 0 Å². The molecule has 5 heteroatoms. The van der Waals surface area contributed by atoms with Crippen LogP contribution in [-0.4, -0.2) is 20.8 Å². The van der Waals surface area contributed by atoms with Gasteiger partial charge in [0.1, 0.15) is 11.5 Å². The minimum atomic E-state index is -0.0513. The third kappa shape index (κ3) is 3.89. The highest BCUT2D eigenvalue weighted by Crippen LogP contribution is 2.31. The molecule has 0 heterocycles. The fourth-order valence-electron chi connectivity index (χ4n) is 2.16. The van der Waals surface area contributed by atoms with Crippen LogP contribution >= 0.6 is 15.9 Å². The van der Waals surface area contributed by atoms with Crippen molar-refractivity contribution in [2.24, 2.45) is 5.73 Å². The highest BCUT2D eigenvalue weighted by atomic mass is 79.9. The molecule has 1 unspecified atom stereocenters. The fourth-order valence-corrected chi connectivity index (χ4v) is 2.53. The van der Waals surface area contributed by atoms with Crippen LogP contribution in [0.5, 0.6) is 11.5 Å². The lowest BCUT2D eigenvalue weighted by atomic mass is 10.1. The molecule has 0 aliphatic carbocycles. The molecule has 21 heavy (non-hydrogen) atoms. The van der Waals surface area contributed by atoms with Crippen LogP contribution < -0.4 is 20.5 Å². The molecule has 1 atom stereocenters. The quantitative estimate of drug-likeness (QED) is 0.835. The van der Waals surface area contributed by atoms with E-state index in [-0.39, 0.29) is 6.04 Å². The van der Waals surface area contributed by atoms with Crippen molar-refractivity contribution in [3.63, 3.8) is 0 Å². The van der Waals surface area contributed by atoms with Gasteiger partial charge in [-0.1, -0.05) is 22.0 Å². The predicted molar refractivity (Wildman–Crippen MR) is 89.1 cm³/mol. The van der Waals surface area contributed by atoms with Crippen LogP contribution in [0, 0.1) is 0 Å². The molecule has 0 amide bonds. The van der Waals surface area contributed by atoms with Gasteiger partial charge in [-0.15, -0.1) is 0 Å². The van der Waals surface area contributed by atoms with Gasteiger partial charge in [0.05, 0.1) is 20.3 Å². The Morgan fingerprint density at radius 1 is 1.14 bits per heavy atom. The lowest BCUT2D eigenvalue weighted by molar-refractivity contribution is 0.407. The number of benzene rings is 2. The van der Waals surface area contributed by atoms with Crippen molar-refractivity contribution in [1.29, 1.82) is 0 Å². The first kappa shape index (κ1) is 15.7. The van der Waals surface area contributed by atoms with E-state index in [1.54, 1.807) is 14.2 Å². The molecule has 0 aliphatic heterocycles. The molecule has 3 N–H and O–H groups in total. The van der Waals surface area contributed by atoms with Crippen LogP contribution in [0.4, 0.5) is 5.69 Å². The van der Waals surface area contributed by atoms with Gasteiger partial charge in [-0.3, -0.25) is 0 Å². The SMILES string of the molecule is COc1cccc(NC(CN)c2cc(Br)ccc2OC)c1. The molecule has 0 saturated heterocycles. The van der Waals surface area contributed by atoms with Crippen molar-refractivity contribution in [2.75, 3.05) is 26.1 Å². The Morgan fingerprint density at radius 3 is 2.62 bits per heavy atom. The molecule has 0 radical (unpaired) electrons. The van der Waals surface area contributed by atoms with Crippen LogP contribution in [-0.2, 0) is 0 Å². The summed E-state index contributed by atoms with van der Waals surface area (Å²) < 4.78 is 11.7. The number of hydrogen-bond acceptors (Lipinski definition) is 4. The maximum atomic E-state index is 5.93. The second kappa shape index (κ2) is 7.33. The van der Waals surface area contributed by atoms with Crippen molar-refractivity contribution in [1.82, 2.24) is 0 Å². The number of nitrogens with two attached hydrogens (primary N) is 1. The molecular weight excluding hydrogens is 332 g/mol. The first-order chi connectivity index (χ1) is 10.2. The van der Waals surface area contributed by atoms with Gasteiger partial charge in [-0.05, 0) is 30.3 Å². The Bertz CT molecular complexity index is 605. The summed E-state index contributed by atoms with van der Waals surface area (Å²) in [6.45, 7) is 0.448. The Hall–Kier alpha value is -1.72. The summed E-state index contributed by atoms with van der Waals surface area (Å²) in [6, 6.07) is 13.6. The van der Waals surface area contributed by atoms with Gasteiger partial charge in [-0.2, -0.15) is 0 Å². The van der Waals surface area contributed by atoms with E-state index in [1.807, 2.05) is 42.5 Å². The molecule has 2 rings (SSSR count). The lowest BCUT2D eigenvalue weighted by Gasteiger charge is -2.21. The molecular formula is C16H19BrN2O2. The number of halogens is 1. The Balaban J connectivity index is 2.29. The maximum Gasteiger partial charge on any atom is 0.124 e. The van der Waals surface area contributed by atoms with Crippen LogP contribution in [0.2, 0.25) is 0 Å². The highest BCUT2D eigenvalue weighted by molar-refractivity contribution is 9.10. The van der Waals surface area contributed by atoms with E-state index in [0.717, 1.165) is 27.2 Å². The van der Waals surface area contributed by atoms with Crippen molar-refractivity contribution in [2.45, 2.75) is 6.04 Å². The van der Waals surface area contributed by atoms with Crippen molar-refractivity contribution < 1.29 is 9.47 Å². The van der Waals surface area contributed by atoms with Crippen LogP contribution in [0.25, 0.3) is 0 Å². The Labute approximate surface area is 133 Å². The molecule has 0 aromatic heterocycles. The Morgan fingerprint density at radius 2 is 1.95 bits per heavy atom. The molecule has 0 bridgehead atoms. The average molecular weight is 351 g/mol. The summed E-state index contributed by atoms with van der Waals surface area (Å²) in [6.07, 6.45) is 0. The van der Waals surface area contributed by atoms with Crippen LogP contribution in [0.3, 0.4) is 0 Å². The topological polar surface area (TPSA) is 56.5 Å². The summed E-state index contributed by atoms with van der Waals surface area (Å²) in [7, 11) is 3.31. The summed E-state index contributed by atoms with van der Waals surface area (Å²) in [5, 5.41) is 3.42. The lowest BCUT2D eigenvalue weighted by Crippen LogP contribution is -2.21. The zero-order valence-corrected chi connectivity index (χ0v) is 13.7. The molecule has 0 aliphatic rings. The normalized spacial score (nSPS) is 11.8. The van der Waals surface area contributed by atoms with Crippen molar-refractivity contribution in [3.8, 4) is 11.5 Å². The number of ether oxygens (including phenoxy) is 2. The van der Waals surface area contributed by atoms with E-state index in [4.69, 9.17) is 15.2 Å². The van der Waals surface area contributed by atoms with E-state index >= 15 is 0 Å². The molecule has 112 valence electrons. The number of hydrogen-bond donors (Lipinski definition) is 2. The second-order valence-corrected chi connectivity index (χ2v) is 5.47. The number of nitrogens with one attached hydrogen (secondary N) is 1. The number of rotatable bonds is 6. The second-order valence-electron chi connectivity index (χ2n) is 4.55. The molecule has 2 aromatic carbocycles. The first-order valence-electron chi connectivity index (χ1n) is 6.62. The summed E-state index contributed by atoms with van der Waals surface area (Å²) >= 11 is 3.49. The van der Waals surface area contributed by atoms with E-state index < -0.39 is 0 Å². The minimum Gasteiger partial charge on any atom is -0.497 e. The summed E-state index contributed by atoms with van der Waals surface area (Å²) in [5.74, 6) is 1.61. The largest absolute Gasteiger partial charge is 0.497 e. The molecule has 2 aromatic rings. The predicted octanol–water partition coefficient (Wildman–Crippen LogP) is 3.58. The fraction of sp³-hybridized carbons (Fsp3) is 0.250. The highest BCUT2D eigenvalue weighted by Gasteiger charge is 2.15. The van der Waals surface area contributed by atoms with Gasteiger partial charge < -0.3 is 20.5 Å². The van der Waals surface area contributed by atoms with Gasteiger partial charge >= 0.3 is 0 Å². The van der Waals surface area contributed by atoms with Crippen molar-refractivity contribution >= 4 is 21.6 Å². The summed E-state index contributed by atoms with van der Waals surface area (Å²) in [5.41, 5.74) is 7.89. The third-order valence-electron chi connectivity index (χ3n) is 3.21. The minimum absolute atomic E-state index is 0.0513. The molecule has 0 saturated carbocycles. The smallest absolute Gasteiger partial charge is 0.124 e. The van der Waals surface area contributed by atoms with Crippen LogP contribution in [0.1, 0.15) is 11.6 Å². The average Bonchev–Trinajstić information content (AvgIpc) is 2.52. The van der Waals surface area contributed by atoms with E-state index in [0.29, 0.717) is 6.54 Å². The van der Waals surface area contributed by atoms with E-state index in [9.17, 15) is 0 Å².